The molecule has 4 rings (SSSR count). The summed E-state index contributed by atoms with van der Waals surface area (Å²) in [5, 5.41) is 6.16. The molecule has 1 aromatic carbocycles. The maximum absolute atomic E-state index is 12.3. The number of ether oxygens (including phenoxy) is 1. The molecule has 0 radical (unpaired) electrons. The molecule has 0 aliphatic rings. The van der Waals surface area contributed by atoms with Crippen molar-refractivity contribution >= 4 is 27.0 Å². The lowest BCUT2D eigenvalue weighted by molar-refractivity contribution is 0.459. The Morgan fingerprint density at radius 3 is 2.43 bits per heavy atom. The van der Waals surface area contributed by atoms with E-state index in [-0.39, 0.29) is 4.21 Å². The van der Waals surface area contributed by atoms with E-state index in [4.69, 9.17) is 4.74 Å². The van der Waals surface area contributed by atoms with Gasteiger partial charge in [-0.1, -0.05) is 6.07 Å². The summed E-state index contributed by atoms with van der Waals surface area (Å²) in [6.45, 7) is 5.65. The monoisotopic (exact) mass is 441 g/mol. The highest BCUT2D eigenvalue weighted by molar-refractivity contribution is 7.94. The number of rotatable bonds is 6. The van der Waals surface area contributed by atoms with Crippen LogP contribution in [-0.4, -0.2) is 28.2 Å². The summed E-state index contributed by atoms with van der Waals surface area (Å²) in [6.07, 6.45) is 0. The molecule has 0 fully saturated rings. The summed E-state index contributed by atoms with van der Waals surface area (Å²) < 4.78 is 35.0. The van der Waals surface area contributed by atoms with Gasteiger partial charge in [0.1, 0.15) is 15.8 Å². The van der Waals surface area contributed by atoms with Crippen LogP contribution in [0.2, 0.25) is 0 Å². The minimum Gasteiger partial charge on any atom is -0.439 e. The Balaban J connectivity index is 1.53. The smallest absolute Gasteiger partial charge is 0.271 e. The van der Waals surface area contributed by atoms with E-state index in [1.807, 2.05) is 19.9 Å². The molecule has 0 aliphatic carbocycles. The van der Waals surface area contributed by atoms with E-state index in [0.29, 0.717) is 29.0 Å². The van der Waals surface area contributed by atoms with Gasteiger partial charge in [-0.25, -0.2) is 18.1 Å². The lowest BCUT2D eigenvalue weighted by Crippen LogP contribution is -2.11. The first-order chi connectivity index (χ1) is 14.3. The number of aryl methyl sites for hydroxylation is 3. The average molecular weight is 442 g/mol. The van der Waals surface area contributed by atoms with Crippen molar-refractivity contribution in [3.05, 3.63) is 71.1 Å². The molecule has 0 amide bonds. The van der Waals surface area contributed by atoms with Crippen LogP contribution in [0.25, 0.3) is 5.82 Å². The fourth-order valence-corrected chi connectivity index (χ4v) is 4.93. The standard InChI is InChI=1S/C20H19N5O3S2/c1-13-11-14(2)25(23-13)18-12-19(22-15(3)21-18)28-17-8-6-16(7-9-17)24-30(26,27)20-5-4-10-29-20/h4-12,24H,1-3H3. The first-order valence-corrected chi connectivity index (χ1v) is 11.4. The SMILES string of the molecule is Cc1cc(C)n(-c2cc(Oc3ccc(NS(=O)(=O)c4cccs4)cc3)nc(C)n2)n1. The third-order valence-corrected chi connectivity index (χ3v) is 6.90. The molecule has 0 bridgehead atoms. The molecule has 0 saturated heterocycles. The highest BCUT2D eigenvalue weighted by Gasteiger charge is 2.15. The Hall–Kier alpha value is -3.24. The highest BCUT2D eigenvalue weighted by atomic mass is 32.2. The summed E-state index contributed by atoms with van der Waals surface area (Å²) in [6, 6.07) is 13.5. The molecule has 4 aromatic rings. The van der Waals surface area contributed by atoms with Crippen LogP contribution in [0.4, 0.5) is 5.69 Å². The molecule has 0 atom stereocenters. The van der Waals surface area contributed by atoms with Crippen LogP contribution in [0.5, 0.6) is 11.6 Å². The zero-order valence-electron chi connectivity index (χ0n) is 16.5. The molecule has 3 heterocycles. The molecule has 0 aliphatic heterocycles. The summed E-state index contributed by atoms with van der Waals surface area (Å²) in [5.41, 5.74) is 2.30. The van der Waals surface area contributed by atoms with E-state index in [2.05, 4.69) is 19.8 Å². The largest absolute Gasteiger partial charge is 0.439 e. The predicted octanol–water partition coefficient (Wildman–Crippen LogP) is 4.24. The third kappa shape index (κ3) is 4.34. The van der Waals surface area contributed by atoms with Crippen LogP contribution in [-0.2, 0) is 10.0 Å². The number of aromatic nitrogens is 4. The van der Waals surface area contributed by atoms with Crippen LogP contribution in [0.15, 0.2) is 58.1 Å². The zero-order chi connectivity index (χ0) is 21.3. The predicted molar refractivity (Wildman–Crippen MR) is 115 cm³/mol. The second-order valence-electron chi connectivity index (χ2n) is 6.61. The number of nitrogens with zero attached hydrogens (tertiary/aromatic N) is 4. The maximum atomic E-state index is 12.3. The van der Waals surface area contributed by atoms with E-state index >= 15 is 0 Å². The lowest BCUT2D eigenvalue weighted by Gasteiger charge is -2.10. The van der Waals surface area contributed by atoms with Crippen molar-refractivity contribution in [2.75, 3.05) is 4.72 Å². The van der Waals surface area contributed by atoms with Gasteiger partial charge in [-0.15, -0.1) is 11.3 Å². The number of sulfonamides is 1. The number of hydrogen-bond acceptors (Lipinski definition) is 7. The molecule has 0 saturated carbocycles. The number of anilines is 1. The van der Waals surface area contributed by atoms with Gasteiger partial charge in [0, 0.05) is 17.4 Å². The number of nitrogens with one attached hydrogen (secondary N) is 1. The summed E-state index contributed by atoms with van der Waals surface area (Å²) in [4.78, 5) is 8.75. The van der Waals surface area contributed by atoms with E-state index in [1.165, 1.54) is 0 Å². The van der Waals surface area contributed by atoms with Gasteiger partial charge in [0.15, 0.2) is 5.82 Å². The fraction of sp³-hybridized carbons (Fsp3) is 0.150. The molecule has 154 valence electrons. The number of hydrogen-bond donors (Lipinski definition) is 1. The second-order valence-corrected chi connectivity index (χ2v) is 9.47. The molecular weight excluding hydrogens is 422 g/mol. The summed E-state index contributed by atoms with van der Waals surface area (Å²) in [5.74, 6) is 2.06. The highest BCUT2D eigenvalue weighted by Crippen LogP contribution is 2.25. The molecule has 10 heteroatoms. The zero-order valence-corrected chi connectivity index (χ0v) is 18.2. The van der Waals surface area contributed by atoms with Crippen molar-refractivity contribution in [2.24, 2.45) is 0 Å². The van der Waals surface area contributed by atoms with Crippen LogP contribution in [0.1, 0.15) is 17.2 Å². The molecular formula is C20H19N5O3S2. The minimum atomic E-state index is -3.59. The number of benzene rings is 1. The summed E-state index contributed by atoms with van der Waals surface area (Å²) in [7, 11) is -3.59. The van der Waals surface area contributed by atoms with Gasteiger partial charge < -0.3 is 4.74 Å². The van der Waals surface area contributed by atoms with Gasteiger partial charge in [-0.05, 0) is 62.5 Å². The Labute approximate surface area is 178 Å². The lowest BCUT2D eigenvalue weighted by atomic mass is 10.3. The van der Waals surface area contributed by atoms with Crippen molar-refractivity contribution in [3.8, 4) is 17.4 Å². The van der Waals surface area contributed by atoms with Crippen molar-refractivity contribution in [2.45, 2.75) is 25.0 Å². The van der Waals surface area contributed by atoms with Gasteiger partial charge in [0.2, 0.25) is 5.88 Å². The second kappa shape index (κ2) is 7.88. The first-order valence-electron chi connectivity index (χ1n) is 9.04. The van der Waals surface area contributed by atoms with Crippen LogP contribution >= 0.6 is 11.3 Å². The fourth-order valence-electron chi connectivity index (χ4n) is 2.88. The maximum Gasteiger partial charge on any atom is 0.271 e. The van der Waals surface area contributed by atoms with E-state index in [0.717, 1.165) is 22.7 Å². The van der Waals surface area contributed by atoms with Crippen LogP contribution < -0.4 is 9.46 Å². The minimum absolute atomic E-state index is 0.260. The van der Waals surface area contributed by atoms with Crippen molar-refractivity contribution in [1.29, 1.82) is 0 Å². The molecule has 0 unspecified atom stereocenters. The van der Waals surface area contributed by atoms with Gasteiger partial charge >= 0.3 is 0 Å². The Kier molecular flexibility index (Phi) is 5.27. The molecule has 0 spiro atoms. The average Bonchev–Trinajstić information content (AvgIpc) is 3.33. The Morgan fingerprint density at radius 1 is 1.03 bits per heavy atom. The van der Waals surface area contributed by atoms with Crippen molar-refractivity contribution in [3.63, 3.8) is 0 Å². The molecule has 30 heavy (non-hydrogen) atoms. The Bertz CT molecular complexity index is 1280. The van der Waals surface area contributed by atoms with Crippen molar-refractivity contribution in [1.82, 2.24) is 19.7 Å². The summed E-state index contributed by atoms with van der Waals surface area (Å²) >= 11 is 1.16. The van der Waals surface area contributed by atoms with E-state index < -0.39 is 10.0 Å². The van der Waals surface area contributed by atoms with E-state index in [9.17, 15) is 8.42 Å². The molecule has 1 N–H and O–H groups in total. The van der Waals surface area contributed by atoms with Gasteiger partial charge in [0.25, 0.3) is 10.0 Å². The topological polar surface area (TPSA) is 99.0 Å². The van der Waals surface area contributed by atoms with Gasteiger partial charge in [-0.2, -0.15) is 10.1 Å². The number of thiophene rings is 1. The van der Waals surface area contributed by atoms with Gasteiger partial charge in [0.05, 0.1) is 5.69 Å². The molecule has 3 aromatic heterocycles. The quantitative estimate of drug-likeness (QED) is 0.480. The van der Waals surface area contributed by atoms with Crippen LogP contribution in [0, 0.1) is 20.8 Å². The van der Waals surface area contributed by atoms with Crippen molar-refractivity contribution < 1.29 is 13.2 Å². The third-order valence-electron chi connectivity index (χ3n) is 4.12. The van der Waals surface area contributed by atoms with Gasteiger partial charge in [-0.3, -0.25) is 4.72 Å². The first kappa shape index (κ1) is 20.0. The Morgan fingerprint density at radius 2 is 1.80 bits per heavy atom. The van der Waals surface area contributed by atoms with Crippen LogP contribution in [0.3, 0.4) is 0 Å². The normalized spacial score (nSPS) is 11.4. The molecule has 8 nitrogen and oxygen atoms in total. The van der Waals surface area contributed by atoms with E-state index in [1.54, 1.807) is 59.5 Å².